The van der Waals surface area contributed by atoms with Gasteiger partial charge in [-0.15, -0.1) is 0 Å². The van der Waals surface area contributed by atoms with E-state index in [1.165, 1.54) is 25.8 Å². The maximum absolute atomic E-state index is 13.0. The van der Waals surface area contributed by atoms with Gasteiger partial charge in [-0.2, -0.15) is 0 Å². The third-order valence-electron chi connectivity index (χ3n) is 7.99. The van der Waals surface area contributed by atoms with Gasteiger partial charge in [-0.25, -0.2) is 5.01 Å². The van der Waals surface area contributed by atoms with Crippen LogP contribution in [0.1, 0.15) is 65.7 Å². The molecule has 1 saturated carbocycles. The van der Waals surface area contributed by atoms with Gasteiger partial charge in [0.1, 0.15) is 12.3 Å². The average Bonchev–Trinajstić information content (AvgIpc) is 3.18. The van der Waals surface area contributed by atoms with Crippen molar-refractivity contribution in [2.45, 2.75) is 102 Å². The Morgan fingerprint density at radius 2 is 1.97 bits per heavy atom. The number of rotatable bonds is 6. The van der Waals surface area contributed by atoms with Gasteiger partial charge < -0.3 is 10.6 Å². The molecule has 31 heavy (non-hydrogen) atoms. The molecule has 8 heteroatoms. The lowest BCUT2D eigenvalue weighted by Gasteiger charge is -2.43. The second kappa shape index (κ2) is 10.9. The summed E-state index contributed by atoms with van der Waals surface area (Å²) in [6.07, 6.45) is 8.11. The largest absolute Gasteiger partial charge is 0.352 e. The van der Waals surface area contributed by atoms with Crippen molar-refractivity contribution in [1.29, 1.82) is 0 Å². The molecule has 6 N–H and O–H groups in total. The van der Waals surface area contributed by atoms with Crippen molar-refractivity contribution < 1.29 is 4.79 Å². The molecular weight excluding hydrogens is 390 g/mol. The lowest BCUT2D eigenvalue weighted by Crippen LogP contribution is -2.66. The molecular formula is C23H45N7O. The number of nitrogens with zero attached hydrogens (tertiary/aromatic N) is 1. The first-order valence-electron chi connectivity index (χ1n) is 12.8. The van der Waals surface area contributed by atoms with Gasteiger partial charge in [-0.1, -0.05) is 13.8 Å². The van der Waals surface area contributed by atoms with Gasteiger partial charge in [0.15, 0.2) is 0 Å². The fourth-order valence-corrected chi connectivity index (χ4v) is 6.09. The van der Waals surface area contributed by atoms with E-state index in [1.807, 2.05) is 0 Å². The van der Waals surface area contributed by atoms with Crippen LogP contribution in [0.3, 0.4) is 0 Å². The summed E-state index contributed by atoms with van der Waals surface area (Å²) >= 11 is 0. The Kier molecular flexibility index (Phi) is 8.22. The first-order chi connectivity index (χ1) is 15.0. The fraction of sp³-hybridized carbons (Fsp3) is 0.957. The summed E-state index contributed by atoms with van der Waals surface area (Å²) in [7, 11) is 0. The molecule has 0 bridgehead atoms. The van der Waals surface area contributed by atoms with E-state index < -0.39 is 0 Å². The number of hydrogen-bond donors (Lipinski definition) is 6. The smallest absolute Gasteiger partial charge is 0.239 e. The summed E-state index contributed by atoms with van der Waals surface area (Å²) in [4.78, 5) is 13.0. The van der Waals surface area contributed by atoms with Gasteiger partial charge in [0.05, 0.1) is 0 Å². The predicted molar refractivity (Wildman–Crippen MR) is 124 cm³/mol. The van der Waals surface area contributed by atoms with Gasteiger partial charge >= 0.3 is 0 Å². The topological polar surface area (TPSA) is 92.5 Å². The average molecular weight is 436 g/mol. The van der Waals surface area contributed by atoms with Crippen molar-refractivity contribution in [3.8, 4) is 0 Å². The molecule has 178 valence electrons. The Labute approximate surface area is 188 Å². The molecule has 3 heterocycles. The molecule has 1 amide bonds. The Balaban J connectivity index is 1.28. The van der Waals surface area contributed by atoms with Crippen LogP contribution in [0.2, 0.25) is 0 Å². The zero-order valence-electron chi connectivity index (χ0n) is 19.8. The summed E-state index contributed by atoms with van der Waals surface area (Å²) in [5, 5.41) is 20.4. The zero-order valence-corrected chi connectivity index (χ0v) is 19.8. The number of piperidine rings is 1. The third-order valence-corrected chi connectivity index (χ3v) is 7.99. The number of hydrogen-bond acceptors (Lipinski definition) is 7. The second-order valence-electron chi connectivity index (χ2n) is 10.4. The van der Waals surface area contributed by atoms with Gasteiger partial charge in [-0.3, -0.25) is 26.2 Å². The van der Waals surface area contributed by atoms with Crippen LogP contribution in [0.4, 0.5) is 0 Å². The minimum atomic E-state index is -0.0442. The highest BCUT2D eigenvalue weighted by atomic mass is 16.2. The van der Waals surface area contributed by atoms with Crippen molar-refractivity contribution in [1.82, 2.24) is 37.0 Å². The van der Waals surface area contributed by atoms with Crippen molar-refractivity contribution in [2.24, 2.45) is 11.8 Å². The highest BCUT2D eigenvalue weighted by molar-refractivity contribution is 5.82. The molecule has 3 saturated heterocycles. The second-order valence-corrected chi connectivity index (χ2v) is 10.4. The Morgan fingerprint density at radius 3 is 2.74 bits per heavy atom. The number of likely N-dealkylation sites (N-methyl/N-ethyl adjacent to an activating group) is 1. The van der Waals surface area contributed by atoms with E-state index in [0.29, 0.717) is 24.0 Å². The molecule has 4 aliphatic rings. The lowest BCUT2D eigenvalue weighted by atomic mass is 9.82. The molecule has 8 unspecified atom stereocenters. The predicted octanol–water partition coefficient (Wildman–Crippen LogP) is 0.471. The van der Waals surface area contributed by atoms with Crippen molar-refractivity contribution in [3.05, 3.63) is 0 Å². The lowest BCUT2D eigenvalue weighted by molar-refractivity contribution is -0.127. The van der Waals surface area contributed by atoms with Gasteiger partial charge in [-0.05, 0) is 83.3 Å². The highest BCUT2D eigenvalue weighted by Crippen LogP contribution is 2.26. The summed E-state index contributed by atoms with van der Waals surface area (Å²) in [6.45, 7) is 10.8. The van der Waals surface area contributed by atoms with Gasteiger partial charge in [0.2, 0.25) is 5.91 Å². The van der Waals surface area contributed by atoms with E-state index in [2.05, 4.69) is 57.8 Å². The molecule has 8 atom stereocenters. The minimum Gasteiger partial charge on any atom is -0.352 e. The third kappa shape index (κ3) is 5.97. The fourth-order valence-electron chi connectivity index (χ4n) is 6.09. The quantitative estimate of drug-likeness (QED) is 0.361. The first kappa shape index (κ1) is 23.4. The van der Waals surface area contributed by atoms with E-state index in [4.69, 9.17) is 0 Å². The summed E-state index contributed by atoms with van der Waals surface area (Å²) in [5.41, 5.74) is 3.41. The Hall–Kier alpha value is -0.770. The first-order valence-corrected chi connectivity index (χ1v) is 12.8. The van der Waals surface area contributed by atoms with Crippen LogP contribution >= 0.6 is 0 Å². The number of nitrogens with one attached hydrogen (secondary N) is 6. The summed E-state index contributed by atoms with van der Waals surface area (Å²) in [6, 6.07) is 1.58. The van der Waals surface area contributed by atoms with Crippen molar-refractivity contribution in [2.75, 3.05) is 26.2 Å². The SMILES string of the molecule is CCN1NC(C)CC1C(=O)NC1CCC(C)C(NC2NCCC(C3CCCNC3)N2)C1. The maximum atomic E-state index is 13.0. The maximum Gasteiger partial charge on any atom is 0.239 e. The van der Waals surface area contributed by atoms with Crippen LogP contribution < -0.4 is 32.0 Å². The van der Waals surface area contributed by atoms with E-state index in [-0.39, 0.29) is 24.3 Å². The van der Waals surface area contributed by atoms with Crippen LogP contribution in [-0.2, 0) is 4.79 Å². The molecule has 1 aliphatic carbocycles. The number of carbonyl (C=O) groups excluding carboxylic acids is 1. The van der Waals surface area contributed by atoms with E-state index in [9.17, 15) is 4.79 Å². The van der Waals surface area contributed by atoms with Crippen LogP contribution in [0.25, 0.3) is 0 Å². The molecule has 4 rings (SSSR count). The van der Waals surface area contributed by atoms with Crippen LogP contribution in [0.5, 0.6) is 0 Å². The van der Waals surface area contributed by atoms with Gasteiger partial charge in [0.25, 0.3) is 0 Å². The highest BCUT2D eigenvalue weighted by Gasteiger charge is 2.37. The Morgan fingerprint density at radius 1 is 1.10 bits per heavy atom. The molecule has 8 nitrogen and oxygen atoms in total. The molecule has 0 aromatic carbocycles. The molecule has 3 aliphatic heterocycles. The summed E-state index contributed by atoms with van der Waals surface area (Å²) in [5.74, 6) is 1.55. The molecule has 4 fully saturated rings. The molecule has 0 aromatic heterocycles. The zero-order chi connectivity index (χ0) is 21.8. The van der Waals surface area contributed by atoms with Crippen LogP contribution in [-0.4, -0.2) is 73.6 Å². The monoisotopic (exact) mass is 435 g/mol. The summed E-state index contributed by atoms with van der Waals surface area (Å²) < 4.78 is 0. The minimum absolute atomic E-state index is 0.0442. The van der Waals surface area contributed by atoms with Crippen molar-refractivity contribution in [3.63, 3.8) is 0 Å². The van der Waals surface area contributed by atoms with Crippen LogP contribution in [0.15, 0.2) is 0 Å². The standard InChI is InChI=1S/C23H45N7O/c1-4-30-21(12-16(3)29-30)22(31)26-18-8-7-15(2)20(13-18)28-23-25-11-9-19(27-23)17-6-5-10-24-14-17/h15-21,23-25,27-29H,4-14H2,1-3H3,(H,26,31). The van der Waals surface area contributed by atoms with E-state index in [1.54, 1.807) is 0 Å². The molecule has 0 spiro atoms. The van der Waals surface area contributed by atoms with Crippen LogP contribution in [0, 0.1) is 11.8 Å². The normalized spacial score (nSPS) is 42.4. The number of amides is 1. The molecule has 0 radical (unpaired) electrons. The number of carbonyl (C=O) groups is 1. The van der Waals surface area contributed by atoms with E-state index >= 15 is 0 Å². The number of hydrazine groups is 1. The van der Waals surface area contributed by atoms with Gasteiger partial charge in [0, 0.05) is 30.7 Å². The Bertz CT molecular complexity index is 584. The van der Waals surface area contributed by atoms with E-state index in [0.717, 1.165) is 51.2 Å². The van der Waals surface area contributed by atoms with Crippen molar-refractivity contribution >= 4 is 5.91 Å². The molecule has 0 aromatic rings.